The van der Waals surface area contributed by atoms with Gasteiger partial charge in [-0.15, -0.1) is 0 Å². The van der Waals surface area contributed by atoms with Crippen molar-refractivity contribution in [3.05, 3.63) is 11.6 Å². The molecule has 0 aromatic carbocycles. The van der Waals surface area contributed by atoms with Crippen molar-refractivity contribution in [2.24, 2.45) is 0 Å². The predicted molar refractivity (Wildman–Crippen MR) is 52.7 cm³/mol. The monoisotopic (exact) mass is 165 g/mol. The first-order valence-electron chi connectivity index (χ1n) is 4.77. The summed E-state index contributed by atoms with van der Waals surface area (Å²) in [4.78, 5) is 0. The van der Waals surface area contributed by atoms with E-state index in [0.717, 1.165) is 12.8 Å². The standard InChI is InChI=1S/C11H19N/c1-11(2)9-7-5-3-4-6-8-10-12/h9H,3-8H2,1-2H3. The van der Waals surface area contributed by atoms with Gasteiger partial charge in [0.25, 0.3) is 0 Å². The molecule has 0 aromatic rings. The molecule has 0 radical (unpaired) electrons. The molecule has 0 fully saturated rings. The van der Waals surface area contributed by atoms with Gasteiger partial charge in [0.05, 0.1) is 6.07 Å². The Morgan fingerprint density at radius 3 is 2.42 bits per heavy atom. The third kappa shape index (κ3) is 9.23. The Kier molecular flexibility index (Phi) is 7.79. The van der Waals surface area contributed by atoms with Crippen LogP contribution in [0.3, 0.4) is 0 Å². The molecule has 0 saturated heterocycles. The molecular weight excluding hydrogens is 146 g/mol. The van der Waals surface area contributed by atoms with Crippen LogP contribution in [0.25, 0.3) is 0 Å². The molecule has 0 spiro atoms. The lowest BCUT2D eigenvalue weighted by molar-refractivity contribution is 0.654. The van der Waals surface area contributed by atoms with Crippen molar-refractivity contribution in [2.75, 3.05) is 0 Å². The van der Waals surface area contributed by atoms with Gasteiger partial charge in [0.1, 0.15) is 0 Å². The second-order valence-corrected chi connectivity index (χ2v) is 3.39. The summed E-state index contributed by atoms with van der Waals surface area (Å²) < 4.78 is 0. The van der Waals surface area contributed by atoms with Gasteiger partial charge in [-0.05, 0) is 33.1 Å². The molecule has 0 heterocycles. The van der Waals surface area contributed by atoms with Gasteiger partial charge in [-0.1, -0.05) is 24.5 Å². The minimum absolute atomic E-state index is 0.725. The van der Waals surface area contributed by atoms with Gasteiger partial charge >= 0.3 is 0 Å². The topological polar surface area (TPSA) is 23.8 Å². The number of hydrogen-bond donors (Lipinski definition) is 0. The molecule has 0 aliphatic carbocycles. The number of unbranched alkanes of at least 4 members (excludes halogenated alkanes) is 5. The van der Waals surface area contributed by atoms with E-state index in [2.05, 4.69) is 26.0 Å². The van der Waals surface area contributed by atoms with Gasteiger partial charge in [0.15, 0.2) is 0 Å². The van der Waals surface area contributed by atoms with Gasteiger partial charge in [-0.2, -0.15) is 5.26 Å². The van der Waals surface area contributed by atoms with E-state index in [1.54, 1.807) is 0 Å². The predicted octanol–water partition coefficient (Wildman–Crippen LogP) is 3.82. The van der Waals surface area contributed by atoms with E-state index in [-0.39, 0.29) is 0 Å². The lowest BCUT2D eigenvalue weighted by Gasteiger charge is -1.95. The molecule has 0 amide bonds. The molecule has 12 heavy (non-hydrogen) atoms. The number of hydrogen-bond acceptors (Lipinski definition) is 1. The lowest BCUT2D eigenvalue weighted by Crippen LogP contribution is -1.77. The third-order valence-electron chi connectivity index (χ3n) is 1.80. The summed E-state index contributed by atoms with van der Waals surface area (Å²) >= 11 is 0. The van der Waals surface area contributed by atoms with Gasteiger partial charge in [0, 0.05) is 6.42 Å². The summed E-state index contributed by atoms with van der Waals surface area (Å²) in [6.45, 7) is 4.27. The molecule has 0 rings (SSSR count). The van der Waals surface area contributed by atoms with Crippen LogP contribution in [0.1, 0.15) is 52.4 Å². The van der Waals surface area contributed by atoms with Crippen LogP contribution in [0.15, 0.2) is 11.6 Å². The zero-order valence-corrected chi connectivity index (χ0v) is 8.27. The fourth-order valence-corrected chi connectivity index (χ4v) is 1.09. The lowest BCUT2D eigenvalue weighted by atomic mass is 10.1. The Labute approximate surface area is 76.1 Å². The van der Waals surface area contributed by atoms with E-state index in [9.17, 15) is 0 Å². The smallest absolute Gasteiger partial charge is 0.0621 e. The Bertz CT molecular complexity index is 158. The molecule has 1 nitrogen and oxygen atoms in total. The molecule has 0 bridgehead atoms. The summed E-state index contributed by atoms with van der Waals surface area (Å²) in [5.74, 6) is 0. The van der Waals surface area contributed by atoms with E-state index >= 15 is 0 Å². The summed E-state index contributed by atoms with van der Waals surface area (Å²) in [5.41, 5.74) is 1.41. The fraction of sp³-hybridized carbons (Fsp3) is 0.727. The molecular formula is C11H19N. The first-order valence-corrected chi connectivity index (χ1v) is 4.77. The number of nitriles is 1. The first kappa shape index (κ1) is 11.2. The second kappa shape index (κ2) is 8.33. The highest BCUT2D eigenvalue weighted by Crippen LogP contribution is 2.06. The van der Waals surface area contributed by atoms with Crippen LogP contribution in [0.4, 0.5) is 0 Å². The number of rotatable bonds is 6. The maximum Gasteiger partial charge on any atom is 0.0621 e. The van der Waals surface area contributed by atoms with Crippen molar-refractivity contribution in [1.29, 1.82) is 5.26 Å². The normalized spacial score (nSPS) is 9.08. The molecule has 1 heteroatoms. The quantitative estimate of drug-likeness (QED) is 0.433. The average Bonchev–Trinajstić information content (AvgIpc) is 2.02. The summed E-state index contributed by atoms with van der Waals surface area (Å²) in [5, 5.41) is 8.28. The Hall–Kier alpha value is -0.770. The highest BCUT2D eigenvalue weighted by molar-refractivity contribution is 4.92. The van der Waals surface area contributed by atoms with Crippen LogP contribution in [-0.4, -0.2) is 0 Å². The van der Waals surface area contributed by atoms with Crippen LogP contribution >= 0.6 is 0 Å². The molecule has 0 N–H and O–H groups in total. The minimum atomic E-state index is 0.725. The highest BCUT2D eigenvalue weighted by atomic mass is 14.2. The summed E-state index contributed by atoms with van der Waals surface area (Å²) in [6, 6.07) is 2.16. The van der Waals surface area contributed by atoms with Crippen LogP contribution in [0.5, 0.6) is 0 Å². The Balaban J connectivity index is 3.02. The molecule has 0 aliphatic heterocycles. The maximum atomic E-state index is 8.28. The van der Waals surface area contributed by atoms with E-state index in [1.807, 2.05) is 0 Å². The van der Waals surface area contributed by atoms with Crippen LogP contribution in [-0.2, 0) is 0 Å². The van der Waals surface area contributed by atoms with Gasteiger partial charge < -0.3 is 0 Å². The molecule has 0 saturated carbocycles. The average molecular weight is 165 g/mol. The van der Waals surface area contributed by atoms with Gasteiger partial charge in [-0.3, -0.25) is 0 Å². The first-order chi connectivity index (χ1) is 5.77. The Morgan fingerprint density at radius 2 is 1.83 bits per heavy atom. The molecule has 0 aromatic heterocycles. The van der Waals surface area contributed by atoms with Gasteiger partial charge in [-0.25, -0.2) is 0 Å². The highest BCUT2D eigenvalue weighted by Gasteiger charge is 1.88. The summed E-state index contributed by atoms with van der Waals surface area (Å²) in [6.07, 6.45) is 9.04. The fourth-order valence-electron chi connectivity index (χ4n) is 1.09. The molecule has 68 valence electrons. The van der Waals surface area contributed by atoms with E-state index < -0.39 is 0 Å². The van der Waals surface area contributed by atoms with E-state index in [4.69, 9.17) is 5.26 Å². The summed E-state index contributed by atoms with van der Waals surface area (Å²) in [7, 11) is 0. The molecule has 0 unspecified atom stereocenters. The van der Waals surface area contributed by atoms with Crippen LogP contribution < -0.4 is 0 Å². The van der Waals surface area contributed by atoms with Crippen LogP contribution in [0, 0.1) is 11.3 Å². The van der Waals surface area contributed by atoms with E-state index in [1.165, 1.54) is 31.3 Å². The number of allylic oxidation sites excluding steroid dienone is 2. The molecule has 0 aliphatic rings. The third-order valence-corrected chi connectivity index (χ3v) is 1.80. The number of nitrogens with zero attached hydrogens (tertiary/aromatic N) is 1. The minimum Gasteiger partial charge on any atom is -0.198 e. The second-order valence-electron chi connectivity index (χ2n) is 3.39. The molecule has 0 atom stereocenters. The largest absolute Gasteiger partial charge is 0.198 e. The van der Waals surface area contributed by atoms with Crippen molar-refractivity contribution < 1.29 is 0 Å². The zero-order chi connectivity index (χ0) is 9.23. The van der Waals surface area contributed by atoms with E-state index in [0.29, 0.717) is 0 Å². The van der Waals surface area contributed by atoms with Crippen molar-refractivity contribution in [3.8, 4) is 6.07 Å². The maximum absolute atomic E-state index is 8.28. The van der Waals surface area contributed by atoms with Crippen LogP contribution in [0.2, 0.25) is 0 Å². The SMILES string of the molecule is CC(C)=CCCCCCCC#N. The van der Waals surface area contributed by atoms with Crippen molar-refractivity contribution >= 4 is 0 Å². The van der Waals surface area contributed by atoms with Gasteiger partial charge in [0.2, 0.25) is 0 Å². The van der Waals surface area contributed by atoms with Crippen molar-refractivity contribution in [3.63, 3.8) is 0 Å². The zero-order valence-electron chi connectivity index (χ0n) is 8.27. The van der Waals surface area contributed by atoms with Crippen molar-refractivity contribution in [1.82, 2.24) is 0 Å². The Morgan fingerprint density at radius 1 is 1.17 bits per heavy atom. The van der Waals surface area contributed by atoms with Crippen molar-refractivity contribution in [2.45, 2.75) is 52.4 Å².